The van der Waals surface area contributed by atoms with Gasteiger partial charge in [-0.2, -0.15) is 0 Å². The first kappa shape index (κ1) is 19.3. The molecule has 2 amide bonds. The largest absolute Gasteiger partial charge is 0.493 e. The minimum absolute atomic E-state index is 0.184. The molecule has 1 aliphatic heterocycles. The fourth-order valence-corrected chi connectivity index (χ4v) is 2.73. The SMILES string of the molecule is C/C=C/c1ccc(OCC(=O)Nc2ccc3c(c2)NC(=O)[C@@H](C)O3)c(OC)c1. The van der Waals surface area contributed by atoms with E-state index in [1.807, 2.05) is 31.2 Å². The second kappa shape index (κ2) is 8.47. The van der Waals surface area contributed by atoms with Gasteiger partial charge in [0.25, 0.3) is 11.8 Å². The van der Waals surface area contributed by atoms with Crippen molar-refractivity contribution in [3.05, 3.63) is 48.0 Å². The van der Waals surface area contributed by atoms with Crippen LogP contribution in [-0.2, 0) is 9.59 Å². The van der Waals surface area contributed by atoms with Gasteiger partial charge in [-0.1, -0.05) is 18.2 Å². The smallest absolute Gasteiger partial charge is 0.265 e. The molecule has 1 heterocycles. The topological polar surface area (TPSA) is 85.9 Å². The number of amides is 2. The van der Waals surface area contributed by atoms with Crippen LogP contribution in [0.3, 0.4) is 0 Å². The quantitative estimate of drug-likeness (QED) is 0.799. The number of benzene rings is 2. The van der Waals surface area contributed by atoms with Crippen LogP contribution in [0.4, 0.5) is 11.4 Å². The molecule has 0 saturated heterocycles. The summed E-state index contributed by atoms with van der Waals surface area (Å²) in [5, 5.41) is 5.48. The molecule has 28 heavy (non-hydrogen) atoms. The fourth-order valence-electron chi connectivity index (χ4n) is 2.73. The number of ether oxygens (including phenoxy) is 3. The predicted octanol–water partition coefficient (Wildman–Crippen LogP) is 3.47. The van der Waals surface area contributed by atoms with E-state index >= 15 is 0 Å². The minimum Gasteiger partial charge on any atom is -0.493 e. The van der Waals surface area contributed by atoms with Crippen molar-refractivity contribution in [1.29, 1.82) is 0 Å². The van der Waals surface area contributed by atoms with Gasteiger partial charge in [0, 0.05) is 5.69 Å². The summed E-state index contributed by atoms with van der Waals surface area (Å²) in [5.74, 6) is 1.02. The summed E-state index contributed by atoms with van der Waals surface area (Å²) in [5.41, 5.74) is 2.02. The van der Waals surface area contributed by atoms with Crippen LogP contribution in [0.25, 0.3) is 6.08 Å². The molecule has 0 fully saturated rings. The average Bonchev–Trinajstić information content (AvgIpc) is 2.68. The van der Waals surface area contributed by atoms with E-state index in [9.17, 15) is 9.59 Å². The summed E-state index contributed by atoms with van der Waals surface area (Å²) < 4.78 is 16.4. The standard InChI is InChI=1S/C21H22N2O5/c1-4-5-14-6-8-18(19(10-14)26-3)27-12-20(24)22-15-7-9-17-16(11-15)23-21(25)13(2)28-17/h4-11,13H,12H2,1-3H3,(H,22,24)(H,23,25)/b5-4+/t13-/m1/s1. The average molecular weight is 382 g/mol. The van der Waals surface area contributed by atoms with Gasteiger partial charge in [0.15, 0.2) is 24.2 Å². The Bertz CT molecular complexity index is 923. The van der Waals surface area contributed by atoms with Gasteiger partial charge in [-0.3, -0.25) is 9.59 Å². The molecular formula is C21H22N2O5. The third-order valence-corrected chi connectivity index (χ3v) is 4.10. The second-order valence-corrected chi connectivity index (χ2v) is 6.21. The first-order valence-electron chi connectivity index (χ1n) is 8.85. The maximum Gasteiger partial charge on any atom is 0.265 e. The Balaban J connectivity index is 1.62. The van der Waals surface area contributed by atoms with Crippen molar-refractivity contribution in [1.82, 2.24) is 0 Å². The molecule has 7 heteroatoms. The van der Waals surface area contributed by atoms with Crippen molar-refractivity contribution >= 4 is 29.3 Å². The lowest BCUT2D eigenvalue weighted by Crippen LogP contribution is -2.34. The maximum absolute atomic E-state index is 12.2. The minimum atomic E-state index is -0.546. The van der Waals surface area contributed by atoms with Crippen molar-refractivity contribution in [3.8, 4) is 17.2 Å². The van der Waals surface area contributed by atoms with Crippen LogP contribution in [0.15, 0.2) is 42.5 Å². The molecule has 1 atom stereocenters. The molecule has 146 valence electrons. The van der Waals surface area contributed by atoms with Crippen molar-refractivity contribution in [2.75, 3.05) is 24.4 Å². The van der Waals surface area contributed by atoms with Gasteiger partial charge in [-0.15, -0.1) is 0 Å². The van der Waals surface area contributed by atoms with Gasteiger partial charge in [0.05, 0.1) is 12.8 Å². The van der Waals surface area contributed by atoms with Crippen LogP contribution in [0.2, 0.25) is 0 Å². The van der Waals surface area contributed by atoms with Gasteiger partial charge in [0.2, 0.25) is 0 Å². The molecule has 0 aliphatic carbocycles. The fraction of sp³-hybridized carbons (Fsp3) is 0.238. The molecule has 0 unspecified atom stereocenters. The van der Waals surface area contributed by atoms with Crippen LogP contribution in [0.5, 0.6) is 17.2 Å². The molecule has 0 saturated carbocycles. The molecule has 0 bridgehead atoms. The first-order valence-corrected chi connectivity index (χ1v) is 8.85. The summed E-state index contributed by atoms with van der Waals surface area (Å²) in [6, 6.07) is 10.5. The number of anilines is 2. The van der Waals surface area contributed by atoms with Crippen molar-refractivity contribution in [2.45, 2.75) is 20.0 Å². The highest BCUT2D eigenvalue weighted by Gasteiger charge is 2.23. The zero-order chi connectivity index (χ0) is 20.1. The Morgan fingerprint density at radius 3 is 2.82 bits per heavy atom. The molecular weight excluding hydrogens is 360 g/mol. The van der Waals surface area contributed by atoms with Crippen LogP contribution < -0.4 is 24.8 Å². The highest BCUT2D eigenvalue weighted by molar-refractivity contribution is 5.99. The van der Waals surface area contributed by atoms with E-state index in [0.29, 0.717) is 28.6 Å². The Labute approximate surface area is 163 Å². The zero-order valence-electron chi connectivity index (χ0n) is 15.9. The number of allylic oxidation sites excluding steroid dienone is 1. The third-order valence-electron chi connectivity index (χ3n) is 4.10. The van der Waals surface area contributed by atoms with Crippen molar-refractivity contribution in [2.24, 2.45) is 0 Å². The normalized spacial score (nSPS) is 15.4. The lowest BCUT2D eigenvalue weighted by molar-refractivity contribution is -0.122. The van der Waals surface area contributed by atoms with Gasteiger partial charge < -0.3 is 24.8 Å². The Morgan fingerprint density at radius 2 is 2.07 bits per heavy atom. The Morgan fingerprint density at radius 1 is 1.25 bits per heavy atom. The van der Waals surface area contributed by atoms with Crippen LogP contribution in [0.1, 0.15) is 19.4 Å². The van der Waals surface area contributed by atoms with E-state index in [-0.39, 0.29) is 18.4 Å². The number of fused-ring (bicyclic) bond motifs is 1. The van der Waals surface area contributed by atoms with E-state index in [0.717, 1.165) is 5.56 Å². The molecule has 2 aromatic carbocycles. The van der Waals surface area contributed by atoms with E-state index in [2.05, 4.69) is 10.6 Å². The van der Waals surface area contributed by atoms with Crippen LogP contribution >= 0.6 is 0 Å². The molecule has 0 spiro atoms. The van der Waals surface area contributed by atoms with E-state index in [4.69, 9.17) is 14.2 Å². The summed E-state index contributed by atoms with van der Waals surface area (Å²) in [6.07, 6.45) is 3.32. The van der Waals surface area contributed by atoms with Gasteiger partial charge >= 0.3 is 0 Å². The molecule has 0 radical (unpaired) electrons. The molecule has 1 aliphatic rings. The van der Waals surface area contributed by atoms with Crippen molar-refractivity contribution < 1.29 is 23.8 Å². The molecule has 7 nitrogen and oxygen atoms in total. The monoisotopic (exact) mass is 382 g/mol. The van der Waals surface area contributed by atoms with Gasteiger partial charge in [0.1, 0.15) is 5.75 Å². The Hall–Kier alpha value is -3.48. The number of carbonyl (C=O) groups is 2. The maximum atomic E-state index is 12.2. The van der Waals surface area contributed by atoms with E-state index in [1.54, 1.807) is 38.3 Å². The highest BCUT2D eigenvalue weighted by Crippen LogP contribution is 2.32. The number of hydrogen-bond donors (Lipinski definition) is 2. The Kier molecular flexibility index (Phi) is 5.84. The highest BCUT2D eigenvalue weighted by atomic mass is 16.5. The van der Waals surface area contributed by atoms with E-state index < -0.39 is 6.10 Å². The molecule has 3 rings (SSSR count). The number of rotatable bonds is 6. The summed E-state index contributed by atoms with van der Waals surface area (Å²) in [4.78, 5) is 23.9. The van der Waals surface area contributed by atoms with Crippen LogP contribution in [-0.4, -0.2) is 31.6 Å². The summed E-state index contributed by atoms with van der Waals surface area (Å²) in [7, 11) is 1.55. The first-order chi connectivity index (χ1) is 13.5. The summed E-state index contributed by atoms with van der Waals surface area (Å²) >= 11 is 0. The lowest BCUT2D eigenvalue weighted by Gasteiger charge is -2.23. The third kappa shape index (κ3) is 4.43. The number of hydrogen-bond acceptors (Lipinski definition) is 5. The van der Waals surface area contributed by atoms with Crippen LogP contribution in [0, 0.1) is 0 Å². The molecule has 2 N–H and O–H groups in total. The molecule has 0 aromatic heterocycles. The number of methoxy groups -OCH3 is 1. The molecule has 2 aromatic rings. The zero-order valence-corrected chi connectivity index (χ0v) is 15.9. The van der Waals surface area contributed by atoms with E-state index in [1.165, 1.54) is 0 Å². The number of nitrogens with one attached hydrogen (secondary N) is 2. The van der Waals surface area contributed by atoms with Gasteiger partial charge in [-0.05, 0) is 49.7 Å². The predicted molar refractivity (Wildman–Crippen MR) is 107 cm³/mol. The second-order valence-electron chi connectivity index (χ2n) is 6.21. The van der Waals surface area contributed by atoms with Gasteiger partial charge in [-0.25, -0.2) is 0 Å². The number of carbonyl (C=O) groups excluding carboxylic acids is 2. The lowest BCUT2D eigenvalue weighted by atomic mass is 10.2. The summed E-state index contributed by atoms with van der Waals surface area (Å²) in [6.45, 7) is 3.42. The van der Waals surface area contributed by atoms with Crippen molar-refractivity contribution in [3.63, 3.8) is 0 Å².